The zero-order valence-corrected chi connectivity index (χ0v) is 14.3. The Morgan fingerprint density at radius 3 is 2.56 bits per heavy atom. The van der Waals surface area contributed by atoms with Crippen molar-refractivity contribution < 1.29 is 14.1 Å². The van der Waals surface area contributed by atoms with Crippen molar-refractivity contribution in [2.24, 2.45) is 12.1 Å². The Bertz CT molecular complexity index is 853. The SMILES string of the molecule is Cc1nn(C)c(F)c1/C=N\NC(=O)CCn1nc(C)c([N+](=O)[O-])c1C. The molecule has 1 N–H and O–H groups in total. The van der Waals surface area contributed by atoms with Crippen molar-refractivity contribution in [2.45, 2.75) is 33.7 Å². The average molecular weight is 351 g/mol. The highest BCUT2D eigenvalue weighted by atomic mass is 19.1. The lowest BCUT2D eigenvalue weighted by atomic mass is 10.3. The Hall–Kier alpha value is -3.11. The van der Waals surface area contributed by atoms with E-state index in [1.54, 1.807) is 13.8 Å². The summed E-state index contributed by atoms with van der Waals surface area (Å²) in [5.74, 6) is -0.973. The van der Waals surface area contributed by atoms with E-state index in [0.717, 1.165) is 4.68 Å². The summed E-state index contributed by atoms with van der Waals surface area (Å²) in [5, 5.41) is 22.6. The highest BCUT2D eigenvalue weighted by molar-refractivity contribution is 5.83. The number of aromatic nitrogens is 4. The van der Waals surface area contributed by atoms with Crippen LogP contribution in [0.15, 0.2) is 5.10 Å². The number of carbonyl (C=O) groups is 1. The molecule has 2 rings (SSSR count). The van der Waals surface area contributed by atoms with Crippen molar-refractivity contribution in [3.63, 3.8) is 0 Å². The molecular weight excluding hydrogens is 333 g/mol. The third-order valence-corrected chi connectivity index (χ3v) is 3.66. The van der Waals surface area contributed by atoms with Crippen LogP contribution in [-0.4, -0.2) is 36.6 Å². The van der Waals surface area contributed by atoms with Crippen LogP contribution in [0.4, 0.5) is 10.1 Å². The Morgan fingerprint density at radius 1 is 1.36 bits per heavy atom. The van der Waals surface area contributed by atoms with Gasteiger partial charge in [0.1, 0.15) is 11.4 Å². The largest absolute Gasteiger partial charge is 0.312 e. The molecule has 134 valence electrons. The number of nitrogens with zero attached hydrogens (tertiary/aromatic N) is 6. The van der Waals surface area contributed by atoms with E-state index in [0.29, 0.717) is 17.1 Å². The van der Waals surface area contributed by atoms with Crippen LogP contribution >= 0.6 is 0 Å². The van der Waals surface area contributed by atoms with E-state index < -0.39 is 16.8 Å². The predicted molar refractivity (Wildman–Crippen MR) is 86.6 cm³/mol. The lowest BCUT2D eigenvalue weighted by Crippen LogP contribution is -2.20. The smallest absolute Gasteiger partial charge is 0.273 e. The van der Waals surface area contributed by atoms with Crippen LogP contribution in [0, 0.1) is 36.8 Å². The van der Waals surface area contributed by atoms with Crippen molar-refractivity contribution in [2.75, 3.05) is 0 Å². The highest BCUT2D eigenvalue weighted by Crippen LogP contribution is 2.21. The first-order valence-corrected chi connectivity index (χ1v) is 7.41. The minimum absolute atomic E-state index is 0.0188. The van der Waals surface area contributed by atoms with Crippen LogP contribution in [0.5, 0.6) is 0 Å². The van der Waals surface area contributed by atoms with Gasteiger partial charge in [0.25, 0.3) is 0 Å². The van der Waals surface area contributed by atoms with E-state index in [1.165, 1.54) is 24.9 Å². The summed E-state index contributed by atoms with van der Waals surface area (Å²) in [6, 6.07) is 0. The van der Waals surface area contributed by atoms with Crippen LogP contribution in [0.2, 0.25) is 0 Å². The maximum absolute atomic E-state index is 13.7. The van der Waals surface area contributed by atoms with E-state index in [-0.39, 0.29) is 24.2 Å². The van der Waals surface area contributed by atoms with Crippen LogP contribution in [0.3, 0.4) is 0 Å². The number of halogens is 1. The number of nitrogens with one attached hydrogen (secondary N) is 1. The molecule has 2 aromatic heterocycles. The molecule has 0 fully saturated rings. The second-order valence-electron chi connectivity index (χ2n) is 5.46. The third kappa shape index (κ3) is 3.87. The minimum atomic E-state index is -0.551. The van der Waals surface area contributed by atoms with Crippen LogP contribution < -0.4 is 5.43 Å². The van der Waals surface area contributed by atoms with Gasteiger partial charge in [0.15, 0.2) is 0 Å². The Labute approximate surface area is 142 Å². The molecule has 0 aliphatic rings. The zero-order chi connectivity index (χ0) is 18.7. The molecule has 11 heteroatoms. The summed E-state index contributed by atoms with van der Waals surface area (Å²) in [6.45, 7) is 4.91. The van der Waals surface area contributed by atoms with Gasteiger partial charge in [0.2, 0.25) is 11.9 Å². The fourth-order valence-electron chi connectivity index (χ4n) is 2.39. The summed E-state index contributed by atoms with van der Waals surface area (Å²) >= 11 is 0. The van der Waals surface area contributed by atoms with Crippen LogP contribution in [0.25, 0.3) is 0 Å². The Kier molecular flexibility index (Phi) is 5.25. The number of hydrogen-bond donors (Lipinski definition) is 1. The van der Waals surface area contributed by atoms with Crippen molar-refractivity contribution >= 4 is 17.8 Å². The van der Waals surface area contributed by atoms with Gasteiger partial charge in [-0.2, -0.15) is 19.7 Å². The fraction of sp³-hybridized carbons (Fsp3) is 0.429. The summed E-state index contributed by atoms with van der Waals surface area (Å²) in [6.07, 6.45) is 1.20. The van der Waals surface area contributed by atoms with Gasteiger partial charge in [0.05, 0.1) is 28.9 Å². The molecule has 0 spiro atoms. The van der Waals surface area contributed by atoms with E-state index in [1.807, 2.05) is 0 Å². The molecule has 0 unspecified atom stereocenters. The van der Waals surface area contributed by atoms with Gasteiger partial charge < -0.3 is 0 Å². The molecule has 0 bridgehead atoms. The molecule has 0 aliphatic carbocycles. The average Bonchev–Trinajstić information content (AvgIpc) is 2.94. The van der Waals surface area contributed by atoms with Crippen molar-refractivity contribution in [3.8, 4) is 0 Å². The quantitative estimate of drug-likeness (QED) is 0.475. The highest BCUT2D eigenvalue weighted by Gasteiger charge is 2.21. The first kappa shape index (κ1) is 18.2. The molecular formula is C14H18FN7O3. The zero-order valence-electron chi connectivity index (χ0n) is 14.3. The first-order chi connectivity index (χ1) is 11.7. The summed E-state index contributed by atoms with van der Waals surface area (Å²) in [5.41, 5.74) is 3.55. The number of hydrazone groups is 1. The second kappa shape index (κ2) is 7.20. The Morgan fingerprint density at radius 2 is 2.04 bits per heavy atom. The van der Waals surface area contributed by atoms with Gasteiger partial charge in [-0.1, -0.05) is 0 Å². The number of nitro groups is 1. The van der Waals surface area contributed by atoms with E-state index >= 15 is 0 Å². The van der Waals surface area contributed by atoms with Crippen LogP contribution in [-0.2, 0) is 18.4 Å². The van der Waals surface area contributed by atoms with Gasteiger partial charge in [-0.05, 0) is 20.8 Å². The number of rotatable bonds is 6. The molecule has 10 nitrogen and oxygen atoms in total. The maximum Gasteiger partial charge on any atom is 0.312 e. The van der Waals surface area contributed by atoms with Crippen molar-refractivity contribution in [1.29, 1.82) is 0 Å². The topological polar surface area (TPSA) is 120 Å². The summed E-state index contributed by atoms with van der Waals surface area (Å²) in [4.78, 5) is 22.3. The predicted octanol–water partition coefficient (Wildman–Crippen LogP) is 1.13. The monoisotopic (exact) mass is 351 g/mol. The molecule has 0 saturated carbocycles. The number of hydrogen-bond acceptors (Lipinski definition) is 6. The standard InChI is InChI=1S/C14H18FN7O3/c1-8-11(14(15)20(4)18-8)7-16-17-12(23)5-6-21-10(3)13(22(24)25)9(2)19-21/h7H,5-6H2,1-4H3,(H,17,23)/b16-7-. The minimum Gasteiger partial charge on any atom is -0.273 e. The molecule has 0 aromatic carbocycles. The molecule has 1 amide bonds. The molecule has 2 heterocycles. The van der Waals surface area contributed by atoms with Gasteiger partial charge in [-0.25, -0.2) is 10.1 Å². The molecule has 25 heavy (non-hydrogen) atoms. The molecule has 0 atom stereocenters. The lowest BCUT2D eigenvalue weighted by molar-refractivity contribution is -0.386. The lowest BCUT2D eigenvalue weighted by Gasteiger charge is -2.02. The van der Waals surface area contributed by atoms with Crippen LogP contribution in [0.1, 0.15) is 29.1 Å². The fourth-order valence-corrected chi connectivity index (χ4v) is 2.39. The number of carbonyl (C=O) groups excluding carboxylic acids is 1. The normalized spacial score (nSPS) is 11.2. The molecule has 2 aromatic rings. The van der Waals surface area contributed by atoms with Gasteiger partial charge >= 0.3 is 5.69 Å². The van der Waals surface area contributed by atoms with Gasteiger partial charge in [-0.15, -0.1) is 0 Å². The summed E-state index contributed by atoms with van der Waals surface area (Å²) in [7, 11) is 1.46. The Balaban J connectivity index is 1.94. The van der Waals surface area contributed by atoms with Gasteiger partial charge in [-0.3, -0.25) is 19.6 Å². The molecule has 0 radical (unpaired) electrons. The van der Waals surface area contributed by atoms with E-state index in [4.69, 9.17) is 0 Å². The number of aryl methyl sites for hydroxylation is 4. The van der Waals surface area contributed by atoms with Crippen molar-refractivity contribution in [3.05, 3.63) is 38.7 Å². The summed E-state index contributed by atoms with van der Waals surface area (Å²) < 4.78 is 16.2. The van der Waals surface area contributed by atoms with E-state index in [9.17, 15) is 19.3 Å². The maximum atomic E-state index is 13.7. The molecule has 0 saturated heterocycles. The van der Waals surface area contributed by atoms with E-state index in [2.05, 4.69) is 20.7 Å². The molecule has 0 aliphatic heterocycles. The van der Waals surface area contributed by atoms with Crippen molar-refractivity contribution in [1.82, 2.24) is 25.0 Å². The first-order valence-electron chi connectivity index (χ1n) is 7.41. The number of amides is 1. The third-order valence-electron chi connectivity index (χ3n) is 3.66. The van der Waals surface area contributed by atoms with Gasteiger partial charge in [0, 0.05) is 13.5 Å². The second-order valence-corrected chi connectivity index (χ2v) is 5.46.